The van der Waals surface area contributed by atoms with Crippen LogP contribution in [0.4, 0.5) is 0 Å². The molecule has 0 heterocycles. The number of aliphatic hydroxyl groups excluding tert-OH is 1. The van der Waals surface area contributed by atoms with Crippen LogP contribution in [0.25, 0.3) is 0 Å². The van der Waals surface area contributed by atoms with E-state index in [2.05, 4.69) is 0 Å². The summed E-state index contributed by atoms with van der Waals surface area (Å²) in [6.07, 6.45) is -0.201. The molecule has 0 aromatic rings. The molecule has 0 saturated carbocycles. The molecule has 7 heteroatoms. The second-order valence-corrected chi connectivity index (χ2v) is 3.32. The van der Waals surface area contributed by atoms with E-state index in [9.17, 15) is 9.59 Å². The molecule has 5 N–H and O–H groups in total. The SMILES string of the molecule is COCCN(CCO)C(=O)C(N)CC(N)=O. The van der Waals surface area contributed by atoms with Crippen molar-refractivity contribution in [3.05, 3.63) is 0 Å². The normalized spacial score (nSPS) is 12.2. The van der Waals surface area contributed by atoms with Crippen LogP contribution in [0.3, 0.4) is 0 Å². The molecular formula is C9H19N3O4. The Morgan fingerprint density at radius 3 is 2.50 bits per heavy atom. The van der Waals surface area contributed by atoms with E-state index >= 15 is 0 Å². The highest BCUT2D eigenvalue weighted by Gasteiger charge is 2.21. The van der Waals surface area contributed by atoms with E-state index in [0.717, 1.165) is 0 Å². The molecule has 0 aliphatic rings. The molecule has 0 aliphatic carbocycles. The van der Waals surface area contributed by atoms with Crippen LogP contribution >= 0.6 is 0 Å². The summed E-state index contributed by atoms with van der Waals surface area (Å²) < 4.78 is 4.82. The van der Waals surface area contributed by atoms with Crippen molar-refractivity contribution in [2.24, 2.45) is 11.5 Å². The van der Waals surface area contributed by atoms with Crippen LogP contribution in [0.2, 0.25) is 0 Å². The predicted molar refractivity (Wildman–Crippen MR) is 57.3 cm³/mol. The number of nitrogens with zero attached hydrogens (tertiary/aromatic N) is 1. The van der Waals surface area contributed by atoms with Gasteiger partial charge in [-0.15, -0.1) is 0 Å². The fourth-order valence-corrected chi connectivity index (χ4v) is 1.19. The number of carbonyl (C=O) groups is 2. The molecule has 2 amide bonds. The van der Waals surface area contributed by atoms with Gasteiger partial charge in [-0.05, 0) is 0 Å². The number of hydrogen-bond donors (Lipinski definition) is 3. The van der Waals surface area contributed by atoms with Gasteiger partial charge >= 0.3 is 0 Å². The molecule has 0 saturated heterocycles. The largest absolute Gasteiger partial charge is 0.395 e. The van der Waals surface area contributed by atoms with Gasteiger partial charge in [-0.2, -0.15) is 0 Å². The van der Waals surface area contributed by atoms with Crippen LogP contribution in [0, 0.1) is 0 Å². The number of ether oxygens (including phenoxy) is 1. The first-order valence-corrected chi connectivity index (χ1v) is 4.95. The van der Waals surface area contributed by atoms with Gasteiger partial charge in [0.1, 0.15) is 0 Å². The number of rotatable bonds is 8. The molecule has 0 aromatic carbocycles. The van der Waals surface area contributed by atoms with Crippen molar-refractivity contribution in [3.63, 3.8) is 0 Å². The van der Waals surface area contributed by atoms with Crippen LogP contribution < -0.4 is 11.5 Å². The lowest BCUT2D eigenvalue weighted by atomic mass is 10.2. The molecule has 0 spiro atoms. The summed E-state index contributed by atoms with van der Waals surface area (Å²) in [6.45, 7) is 0.658. The van der Waals surface area contributed by atoms with Crippen LogP contribution in [-0.2, 0) is 14.3 Å². The van der Waals surface area contributed by atoms with Crippen molar-refractivity contribution in [3.8, 4) is 0 Å². The highest BCUT2D eigenvalue weighted by molar-refractivity contribution is 5.87. The lowest BCUT2D eigenvalue weighted by molar-refractivity contribution is -0.135. The summed E-state index contributed by atoms with van der Waals surface area (Å²) in [4.78, 5) is 23.7. The van der Waals surface area contributed by atoms with Gasteiger partial charge in [-0.1, -0.05) is 0 Å². The number of carbonyl (C=O) groups excluding carboxylic acids is 2. The van der Waals surface area contributed by atoms with Gasteiger partial charge < -0.3 is 26.2 Å². The van der Waals surface area contributed by atoms with Crippen molar-refractivity contribution in [2.75, 3.05) is 33.4 Å². The van der Waals surface area contributed by atoms with Crippen molar-refractivity contribution < 1.29 is 19.4 Å². The molecule has 0 radical (unpaired) electrons. The van der Waals surface area contributed by atoms with Gasteiger partial charge in [0.15, 0.2) is 0 Å². The summed E-state index contributed by atoms with van der Waals surface area (Å²) in [5.41, 5.74) is 10.4. The Bertz CT molecular complexity index is 235. The van der Waals surface area contributed by atoms with E-state index in [1.165, 1.54) is 12.0 Å². The Labute approximate surface area is 94.3 Å². The Balaban J connectivity index is 4.28. The minimum Gasteiger partial charge on any atom is -0.395 e. The summed E-state index contributed by atoms with van der Waals surface area (Å²) >= 11 is 0. The Morgan fingerprint density at radius 2 is 2.06 bits per heavy atom. The smallest absolute Gasteiger partial charge is 0.240 e. The zero-order valence-corrected chi connectivity index (χ0v) is 9.39. The monoisotopic (exact) mass is 233 g/mol. The van der Waals surface area contributed by atoms with Crippen molar-refractivity contribution in [2.45, 2.75) is 12.5 Å². The summed E-state index contributed by atoms with van der Waals surface area (Å²) in [7, 11) is 1.50. The highest BCUT2D eigenvalue weighted by Crippen LogP contribution is 1.97. The van der Waals surface area contributed by atoms with Crippen molar-refractivity contribution in [1.29, 1.82) is 0 Å². The molecule has 0 bridgehead atoms. The van der Waals surface area contributed by atoms with Gasteiger partial charge in [0.25, 0.3) is 0 Å². The van der Waals surface area contributed by atoms with E-state index in [-0.39, 0.29) is 19.6 Å². The molecule has 0 aliphatic heterocycles. The van der Waals surface area contributed by atoms with Gasteiger partial charge in [0.05, 0.1) is 25.7 Å². The topological polar surface area (TPSA) is 119 Å². The molecule has 16 heavy (non-hydrogen) atoms. The second-order valence-electron chi connectivity index (χ2n) is 3.32. The Morgan fingerprint density at radius 1 is 1.44 bits per heavy atom. The zero-order chi connectivity index (χ0) is 12.6. The first-order valence-electron chi connectivity index (χ1n) is 4.95. The van der Waals surface area contributed by atoms with Crippen LogP contribution in [0.15, 0.2) is 0 Å². The van der Waals surface area contributed by atoms with Gasteiger partial charge in [0.2, 0.25) is 11.8 Å². The third-order valence-electron chi connectivity index (χ3n) is 1.99. The van der Waals surface area contributed by atoms with Crippen LogP contribution in [0.5, 0.6) is 0 Å². The van der Waals surface area contributed by atoms with E-state index in [1.54, 1.807) is 0 Å². The lowest BCUT2D eigenvalue weighted by Crippen LogP contribution is -2.47. The number of aliphatic hydroxyl groups is 1. The average molecular weight is 233 g/mol. The quantitative estimate of drug-likeness (QED) is 0.434. The molecule has 0 fully saturated rings. The summed E-state index contributed by atoms with van der Waals surface area (Å²) in [6, 6.07) is -0.957. The molecule has 0 rings (SSSR count). The first kappa shape index (κ1) is 14.8. The number of primary amides is 1. The van der Waals surface area contributed by atoms with Gasteiger partial charge in [-0.3, -0.25) is 9.59 Å². The van der Waals surface area contributed by atoms with Crippen LogP contribution in [0.1, 0.15) is 6.42 Å². The van der Waals surface area contributed by atoms with Crippen LogP contribution in [-0.4, -0.2) is 61.3 Å². The molecule has 0 aromatic heterocycles. The Hall–Kier alpha value is -1.18. The lowest BCUT2D eigenvalue weighted by Gasteiger charge is -2.24. The maximum absolute atomic E-state index is 11.7. The second kappa shape index (κ2) is 8.03. The van der Waals surface area contributed by atoms with E-state index in [0.29, 0.717) is 13.2 Å². The Kier molecular flexibility index (Phi) is 7.44. The molecule has 7 nitrogen and oxygen atoms in total. The fourth-order valence-electron chi connectivity index (χ4n) is 1.19. The number of hydrogen-bond acceptors (Lipinski definition) is 5. The van der Waals surface area contributed by atoms with E-state index < -0.39 is 17.9 Å². The number of amides is 2. The van der Waals surface area contributed by atoms with Gasteiger partial charge in [0, 0.05) is 20.2 Å². The standard InChI is InChI=1S/C9H19N3O4/c1-16-5-3-12(2-4-13)9(15)7(10)6-8(11)14/h7,13H,2-6,10H2,1H3,(H2,11,14). The zero-order valence-electron chi connectivity index (χ0n) is 9.39. The van der Waals surface area contributed by atoms with Crippen molar-refractivity contribution >= 4 is 11.8 Å². The third-order valence-corrected chi connectivity index (χ3v) is 1.99. The molecule has 94 valence electrons. The molecule has 1 unspecified atom stereocenters. The van der Waals surface area contributed by atoms with E-state index in [1.807, 2.05) is 0 Å². The minimum absolute atomic E-state index is 0.161. The predicted octanol–water partition coefficient (Wildman–Crippen LogP) is -2.34. The molecular weight excluding hydrogens is 214 g/mol. The number of nitrogens with two attached hydrogens (primary N) is 2. The summed E-state index contributed by atoms with van der Waals surface area (Å²) in [5, 5.41) is 8.78. The average Bonchev–Trinajstić information content (AvgIpc) is 2.22. The third kappa shape index (κ3) is 5.64. The summed E-state index contributed by atoms with van der Waals surface area (Å²) in [5.74, 6) is -1.04. The van der Waals surface area contributed by atoms with E-state index in [4.69, 9.17) is 21.3 Å². The fraction of sp³-hybridized carbons (Fsp3) is 0.778. The minimum atomic E-state index is -0.957. The van der Waals surface area contributed by atoms with Gasteiger partial charge in [-0.25, -0.2) is 0 Å². The highest BCUT2D eigenvalue weighted by atomic mass is 16.5. The first-order chi connectivity index (χ1) is 7.52. The number of methoxy groups -OCH3 is 1. The molecule has 1 atom stereocenters. The van der Waals surface area contributed by atoms with Crippen molar-refractivity contribution in [1.82, 2.24) is 4.90 Å². The maximum Gasteiger partial charge on any atom is 0.240 e. The maximum atomic E-state index is 11.7.